The van der Waals surface area contributed by atoms with Crippen molar-refractivity contribution < 1.29 is 19.1 Å². The number of rotatable bonds is 5. The lowest BCUT2D eigenvalue weighted by Gasteiger charge is -2.16. The lowest BCUT2D eigenvalue weighted by atomic mass is 9.96. The second-order valence-electron chi connectivity index (χ2n) is 7.27. The number of aryl methyl sites for hydroxylation is 2. The van der Waals surface area contributed by atoms with Crippen LogP contribution in [0.2, 0.25) is 5.02 Å². The van der Waals surface area contributed by atoms with Gasteiger partial charge in [-0.05, 0) is 68.9 Å². The van der Waals surface area contributed by atoms with Crippen molar-refractivity contribution in [1.82, 2.24) is 0 Å². The number of thiophene rings is 1. The van der Waals surface area contributed by atoms with Crippen LogP contribution in [0.1, 0.15) is 59.0 Å². The molecular formula is C22H26ClNO4S. The zero-order valence-electron chi connectivity index (χ0n) is 17.0. The van der Waals surface area contributed by atoms with E-state index in [9.17, 15) is 9.59 Å². The zero-order valence-corrected chi connectivity index (χ0v) is 18.5. The van der Waals surface area contributed by atoms with Gasteiger partial charge in [0.05, 0.1) is 12.7 Å². The molecule has 2 aromatic rings. The first-order valence-electron chi connectivity index (χ1n) is 9.87. The van der Waals surface area contributed by atoms with Gasteiger partial charge in [0, 0.05) is 9.90 Å². The molecule has 0 saturated carbocycles. The van der Waals surface area contributed by atoms with E-state index in [1.165, 1.54) is 29.7 Å². The third-order valence-electron chi connectivity index (χ3n) is 5.11. The van der Waals surface area contributed by atoms with Crippen molar-refractivity contribution in [3.63, 3.8) is 0 Å². The minimum Gasteiger partial charge on any atom is -0.481 e. The van der Waals surface area contributed by atoms with Crippen LogP contribution >= 0.6 is 22.9 Å². The van der Waals surface area contributed by atoms with Crippen LogP contribution in [0, 0.1) is 6.92 Å². The van der Waals surface area contributed by atoms with Gasteiger partial charge < -0.3 is 14.8 Å². The van der Waals surface area contributed by atoms with Gasteiger partial charge in [0.1, 0.15) is 10.8 Å². The van der Waals surface area contributed by atoms with E-state index in [-0.39, 0.29) is 5.91 Å². The number of amides is 1. The summed E-state index contributed by atoms with van der Waals surface area (Å²) in [6.07, 6.45) is 5.51. The number of ether oxygens (including phenoxy) is 2. The Morgan fingerprint density at radius 3 is 2.59 bits per heavy atom. The Bertz CT molecular complexity index is 908. The highest BCUT2D eigenvalue weighted by atomic mass is 35.5. The number of hydrogen-bond acceptors (Lipinski definition) is 5. The quantitative estimate of drug-likeness (QED) is 0.624. The molecule has 7 heteroatoms. The topological polar surface area (TPSA) is 64.6 Å². The maximum absolute atomic E-state index is 12.8. The molecular weight excluding hydrogens is 410 g/mol. The smallest absolute Gasteiger partial charge is 0.341 e. The van der Waals surface area contributed by atoms with Gasteiger partial charge in [0.25, 0.3) is 5.91 Å². The molecule has 1 aliphatic carbocycles. The Hall–Kier alpha value is -2.05. The van der Waals surface area contributed by atoms with Crippen molar-refractivity contribution in [2.75, 3.05) is 12.4 Å². The first kappa shape index (κ1) is 21.7. The molecule has 1 amide bonds. The monoisotopic (exact) mass is 435 g/mol. The molecule has 1 aromatic heterocycles. The summed E-state index contributed by atoms with van der Waals surface area (Å²) in [5, 5.41) is 4.07. The van der Waals surface area contributed by atoms with Crippen molar-refractivity contribution in [1.29, 1.82) is 0 Å². The van der Waals surface area contributed by atoms with E-state index in [2.05, 4.69) is 5.32 Å². The highest BCUT2D eigenvalue weighted by Crippen LogP contribution is 2.37. The number of nitrogens with one attached hydrogen (secondary N) is 1. The van der Waals surface area contributed by atoms with E-state index in [1.54, 1.807) is 25.1 Å². The summed E-state index contributed by atoms with van der Waals surface area (Å²) in [6, 6.07) is 5.26. The summed E-state index contributed by atoms with van der Waals surface area (Å²) in [5.41, 5.74) is 2.38. The molecule has 1 aromatic carbocycles. The van der Waals surface area contributed by atoms with Crippen molar-refractivity contribution in [3.05, 3.63) is 44.8 Å². The standard InChI is InChI=1S/C22H26ClNO4S/c1-13-12-15(23)10-11-17(13)28-14(2)20(25)24-21-19(22(26)27-3)16-8-6-4-5-7-9-18(16)29-21/h10-12,14H,4-9H2,1-3H3,(H,24,25)/t14-/m1/s1. The summed E-state index contributed by atoms with van der Waals surface area (Å²) < 4.78 is 10.8. The first-order chi connectivity index (χ1) is 13.9. The van der Waals surface area contributed by atoms with Crippen LogP contribution in [0.5, 0.6) is 5.75 Å². The predicted octanol–water partition coefficient (Wildman–Crippen LogP) is 5.56. The summed E-state index contributed by atoms with van der Waals surface area (Å²) >= 11 is 7.46. The van der Waals surface area contributed by atoms with Crippen molar-refractivity contribution in [3.8, 4) is 5.75 Å². The Labute approximate surface area is 180 Å². The second kappa shape index (κ2) is 9.63. The van der Waals surface area contributed by atoms with Crippen LogP contribution in [-0.2, 0) is 22.4 Å². The number of esters is 1. The largest absolute Gasteiger partial charge is 0.481 e. The number of halogens is 1. The third kappa shape index (κ3) is 5.11. The van der Waals surface area contributed by atoms with Crippen molar-refractivity contribution in [2.45, 2.75) is 58.5 Å². The summed E-state index contributed by atoms with van der Waals surface area (Å²) in [6.45, 7) is 3.56. The molecule has 1 N–H and O–H groups in total. The van der Waals surface area contributed by atoms with Gasteiger partial charge in [0.15, 0.2) is 6.10 Å². The molecule has 0 radical (unpaired) electrons. The fraction of sp³-hybridized carbons (Fsp3) is 0.455. The lowest BCUT2D eigenvalue weighted by molar-refractivity contribution is -0.122. The molecule has 0 bridgehead atoms. The van der Waals surface area contributed by atoms with E-state index in [4.69, 9.17) is 21.1 Å². The fourth-order valence-electron chi connectivity index (χ4n) is 3.53. The normalized spacial score (nSPS) is 14.9. The third-order valence-corrected chi connectivity index (χ3v) is 6.55. The molecule has 0 saturated heterocycles. The number of benzene rings is 1. The second-order valence-corrected chi connectivity index (χ2v) is 8.81. The molecule has 0 unspecified atom stereocenters. The van der Waals surface area contributed by atoms with Crippen LogP contribution in [0.25, 0.3) is 0 Å². The first-order valence-corrected chi connectivity index (χ1v) is 11.1. The number of anilines is 1. The Balaban J connectivity index is 1.81. The highest BCUT2D eigenvalue weighted by Gasteiger charge is 2.27. The number of fused-ring (bicyclic) bond motifs is 1. The average molecular weight is 436 g/mol. The minimum absolute atomic E-state index is 0.307. The molecule has 0 spiro atoms. The molecule has 156 valence electrons. The summed E-state index contributed by atoms with van der Waals surface area (Å²) in [4.78, 5) is 26.4. The van der Waals surface area contributed by atoms with Crippen molar-refractivity contribution >= 4 is 39.8 Å². The maximum atomic E-state index is 12.8. The van der Waals surface area contributed by atoms with E-state index in [0.717, 1.165) is 43.2 Å². The number of carbonyl (C=O) groups is 2. The van der Waals surface area contributed by atoms with E-state index in [0.29, 0.717) is 21.3 Å². The Morgan fingerprint density at radius 1 is 1.17 bits per heavy atom. The van der Waals surface area contributed by atoms with E-state index < -0.39 is 12.1 Å². The van der Waals surface area contributed by atoms with E-state index in [1.807, 2.05) is 6.92 Å². The molecule has 0 aliphatic heterocycles. The predicted molar refractivity (Wildman–Crippen MR) is 116 cm³/mol. The molecule has 1 aliphatic rings. The van der Waals surface area contributed by atoms with Crippen molar-refractivity contribution in [2.24, 2.45) is 0 Å². The average Bonchev–Trinajstić information content (AvgIpc) is 2.99. The van der Waals surface area contributed by atoms with E-state index >= 15 is 0 Å². The van der Waals surface area contributed by atoms with Gasteiger partial charge in [0.2, 0.25) is 0 Å². The Kier molecular flexibility index (Phi) is 7.19. The zero-order chi connectivity index (χ0) is 21.0. The fourth-order valence-corrected chi connectivity index (χ4v) is 5.04. The minimum atomic E-state index is -0.731. The van der Waals surface area contributed by atoms with Crippen LogP contribution < -0.4 is 10.1 Å². The molecule has 1 atom stereocenters. The molecule has 1 heterocycles. The summed E-state index contributed by atoms with van der Waals surface area (Å²) in [7, 11) is 1.37. The summed E-state index contributed by atoms with van der Waals surface area (Å²) in [5.74, 6) is -0.108. The van der Waals surface area contributed by atoms with Gasteiger partial charge in [-0.2, -0.15) is 0 Å². The number of carbonyl (C=O) groups excluding carboxylic acids is 2. The van der Waals surface area contributed by atoms with Gasteiger partial charge in [-0.1, -0.05) is 24.4 Å². The highest BCUT2D eigenvalue weighted by molar-refractivity contribution is 7.17. The van der Waals surface area contributed by atoms with Crippen LogP contribution in [0.4, 0.5) is 5.00 Å². The molecule has 29 heavy (non-hydrogen) atoms. The molecule has 5 nitrogen and oxygen atoms in total. The van der Waals surface area contributed by atoms with Gasteiger partial charge >= 0.3 is 5.97 Å². The van der Waals surface area contributed by atoms with Crippen LogP contribution in [0.3, 0.4) is 0 Å². The SMILES string of the molecule is COC(=O)c1c(NC(=O)[C@@H](C)Oc2ccc(Cl)cc2C)sc2c1CCCCCC2. The number of hydrogen-bond donors (Lipinski definition) is 1. The molecule has 3 rings (SSSR count). The lowest BCUT2D eigenvalue weighted by Crippen LogP contribution is -2.30. The van der Waals surface area contributed by atoms with Crippen LogP contribution in [0.15, 0.2) is 18.2 Å². The number of methoxy groups -OCH3 is 1. The van der Waals surface area contributed by atoms with Gasteiger partial charge in [-0.25, -0.2) is 4.79 Å². The van der Waals surface area contributed by atoms with Crippen LogP contribution in [-0.4, -0.2) is 25.1 Å². The van der Waals surface area contributed by atoms with Gasteiger partial charge in [-0.15, -0.1) is 11.3 Å². The van der Waals surface area contributed by atoms with Gasteiger partial charge in [-0.3, -0.25) is 4.79 Å². The molecule has 0 fully saturated rings. The maximum Gasteiger partial charge on any atom is 0.341 e. The Morgan fingerprint density at radius 2 is 1.90 bits per heavy atom.